The molecule has 1 aromatic rings. The fourth-order valence-electron chi connectivity index (χ4n) is 0.663. The van der Waals surface area contributed by atoms with Crippen molar-refractivity contribution in [3.8, 4) is 0 Å². The first kappa shape index (κ1) is 16.7. The van der Waals surface area contributed by atoms with Crippen LogP contribution in [0.25, 0.3) is 0 Å². The van der Waals surface area contributed by atoms with Gasteiger partial charge in [0, 0.05) is 0 Å². The van der Waals surface area contributed by atoms with E-state index in [1.165, 1.54) is 11.1 Å². The fraction of sp³-hybridized carbons (Fsp3) is 0.455. The van der Waals surface area contributed by atoms with Gasteiger partial charge in [0.25, 0.3) is 0 Å². The van der Waals surface area contributed by atoms with Crippen LogP contribution in [0.5, 0.6) is 0 Å². The van der Waals surface area contributed by atoms with Crippen LogP contribution in [0.15, 0.2) is 24.3 Å². The molecule has 0 aliphatic carbocycles. The Labute approximate surface area is 72.3 Å². The Morgan fingerprint density at radius 1 is 0.727 bits per heavy atom. The molecule has 0 saturated carbocycles. The minimum absolute atomic E-state index is 0. The monoisotopic (exact) mass is 154 g/mol. The number of aryl methyl sites for hydroxylation is 2. The molecular formula is C11H22. The van der Waals surface area contributed by atoms with Crippen molar-refractivity contribution in [1.29, 1.82) is 0 Å². The molecule has 1 rings (SSSR count). The highest BCUT2D eigenvalue weighted by atomic mass is 13.9. The molecule has 0 bridgehead atoms. The van der Waals surface area contributed by atoms with E-state index < -0.39 is 0 Å². The maximum absolute atomic E-state index is 2.12. The van der Waals surface area contributed by atoms with Gasteiger partial charge in [0.05, 0.1) is 0 Å². The average molecular weight is 154 g/mol. The van der Waals surface area contributed by atoms with Crippen LogP contribution in [-0.2, 0) is 0 Å². The lowest BCUT2D eigenvalue weighted by molar-refractivity contribution is 1.34. The van der Waals surface area contributed by atoms with Crippen LogP contribution < -0.4 is 0 Å². The van der Waals surface area contributed by atoms with Crippen molar-refractivity contribution >= 4 is 0 Å². The Balaban J connectivity index is -0.000000213. The first-order valence-corrected chi connectivity index (χ1v) is 2.83. The average Bonchev–Trinajstić information content (AvgIpc) is 1.77. The van der Waals surface area contributed by atoms with Gasteiger partial charge >= 0.3 is 0 Å². The van der Waals surface area contributed by atoms with Crippen molar-refractivity contribution in [3.63, 3.8) is 0 Å². The van der Waals surface area contributed by atoms with Crippen molar-refractivity contribution in [1.82, 2.24) is 0 Å². The van der Waals surface area contributed by atoms with Gasteiger partial charge in [0.15, 0.2) is 0 Å². The van der Waals surface area contributed by atoms with Crippen molar-refractivity contribution in [3.05, 3.63) is 35.4 Å². The summed E-state index contributed by atoms with van der Waals surface area (Å²) in [4.78, 5) is 0. The molecule has 0 aliphatic heterocycles. The van der Waals surface area contributed by atoms with E-state index in [-0.39, 0.29) is 22.3 Å². The van der Waals surface area contributed by atoms with E-state index in [4.69, 9.17) is 0 Å². The number of rotatable bonds is 0. The van der Waals surface area contributed by atoms with Gasteiger partial charge in [-0.25, -0.2) is 0 Å². The normalized spacial score (nSPS) is 6.73. The molecule has 1 aromatic carbocycles. The van der Waals surface area contributed by atoms with E-state index in [0.717, 1.165) is 0 Å². The van der Waals surface area contributed by atoms with Crippen LogP contribution in [-0.4, -0.2) is 0 Å². The summed E-state index contributed by atoms with van der Waals surface area (Å²) in [5, 5.41) is 0. The predicted molar refractivity (Wildman–Crippen MR) is 56.1 cm³/mol. The van der Waals surface area contributed by atoms with Crippen molar-refractivity contribution in [2.45, 2.75) is 36.1 Å². The molecular weight excluding hydrogens is 132 g/mol. The minimum atomic E-state index is 0. The quantitative estimate of drug-likeness (QED) is 0.525. The van der Waals surface area contributed by atoms with Crippen LogP contribution in [0.3, 0.4) is 0 Å². The second-order valence-electron chi connectivity index (χ2n) is 2.08. The predicted octanol–water partition coefficient (Wildman–Crippen LogP) is 4.21. The zero-order chi connectivity index (χ0) is 5.98. The second kappa shape index (κ2) is 7.33. The second-order valence-corrected chi connectivity index (χ2v) is 2.08. The molecule has 11 heavy (non-hydrogen) atoms. The lowest BCUT2D eigenvalue weighted by Crippen LogP contribution is -1.74. The maximum Gasteiger partial charge on any atom is -0.0395 e. The lowest BCUT2D eigenvalue weighted by atomic mass is 10.1. The Hall–Kier alpha value is -0.780. The highest BCUT2D eigenvalue weighted by molar-refractivity contribution is 5.23. The van der Waals surface area contributed by atoms with Crippen LogP contribution in [0.2, 0.25) is 0 Å². The molecule has 0 nitrogen and oxygen atoms in total. The summed E-state index contributed by atoms with van der Waals surface area (Å²) in [6, 6.07) is 8.36. The number of benzene rings is 1. The molecule has 0 saturated heterocycles. The standard InChI is InChI=1S/C8H10.3CH4/c1-7-5-3-4-6-8(7)2;;;/h3-6H,1-2H3;3*1H4. The molecule has 66 valence electrons. The molecule has 0 atom stereocenters. The Bertz CT molecular complexity index is 156. The Morgan fingerprint density at radius 3 is 1.18 bits per heavy atom. The van der Waals surface area contributed by atoms with Crippen molar-refractivity contribution < 1.29 is 0 Å². The first-order chi connectivity index (χ1) is 3.80. The van der Waals surface area contributed by atoms with E-state index in [0.29, 0.717) is 0 Å². The van der Waals surface area contributed by atoms with Gasteiger partial charge in [0.2, 0.25) is 0 Å². The summed E-state index contributed by atoms with van der Waals surface area (Å²) in [5.41, 5.74) is 2.74. The Morgan fingerprint density at radius 2 is 1.00 bits per heavy atom. The molecule has 0 fully saturated rings. The maximum atomic E-state index is 2.12. The fourth-order valence-corrected chi connectivity index (χ4v) is 0.663. The number of hydrogen-bond donors (Lipinski definition) is 0. The molecule has 0 aromatic heterocycles. The highest BCUT2D eigenvalue weighted by Crippen LogP contribution is 2.02. The van der Waals surface area contributed by atoms with Crippen LogP contribution >= 0.6 is 0 Å². The van der Waals surface area contributed by atoms with Gasteiger partial charge < -0.3 is 0 Å². The molecule has 0 amide bonds. The third kappa shape index (κ3) is 4.60. The number of hydrogen-bond acceptors (Lipinski definition) is 0. The Kier molecular flexibility index (Phi) is 11.1. The largest absolute Gasteiger partial charge is 0.0776 e. The van der Waals surface area contributed by atoms with Gasteiger partial charge in [-0.05, 0) is 25.0 Å². The summed E-state index contributed by atoms with van der Waals surface area (Å²) < 4.78 is 0. The van der Waals surface area contributed by atoms with Gasteiger partial charge in [-0.15, -0.1) is 0 Å². The zero-order valence-electron chi connectivity index (χ0n) is 5.31. The zero-order valence-corrected chi connectivity index (χ0v) is 5.31. The van der Waals surface area contributed by atoms with Gasteiger partial charge in [0.1, 0.15) is 0 Å². The molecule has 0 N–H and O–H groups in total. The lowest BCUT2D eigenvalue weighted by Gasteiger charge is -1.93. The third-order valence-corrected chi connectivity index (χ3v) is 1.43. The van der Waals surface area contributed by atoms with Gasteiger partial charge in [-0.1, -0.05) is 46.5 Å². The molecule has 0 radical (unpaired) electrons. The summed E-state index contributed by atoms with van der Waals surface area (Å²) >= 11 is 0. The topological polar surface area (TPSA) is 0 Å². The summed E-state index contributed by atoms with van der Waals surface area (Å²) in [6.45, 7) is 4.24. The third-order valence-electron chi connectivity index (χ3n) is 1.43. The van der Waals surface area contributed by atoms with E-state index in [1.54, 1.807) is 0 Å². The summed E-state index contributed by atoms with van der Waals surface area (Å²) in [7, 11) is 0. The first-order valence-electron chi connectivity index (χ1n) is 2.83. The van der Waals surface area contributed by atoms with E-state index in [9.17, 15) is 0 Å². The highest BCUT2D eigenvalue weighted by Gasteiger charge is 1.83. The minimum Gasteiger partial charge on any atom is -0.0776 e. The van der Waals surface area contributed by atoms with Crippen molar-refractivity contribution in [2.75, 3.05) is 0 Å². The van der Waals surface area contributed by atoms with Gasteiger partial charge in [-0.2, -0.15) is 0 Å². The smallest absolute Gasteiger partial charge is 0.0395 e. The molecule has 0 heterocycles. The molecule has 0 spiro atoms. The molecule has 0 unspecified atom stereocenters. The van der Waals surface area contributed by atoms with Crippen LogP contribution in [0.4, 0.5) is 0 Å². The molecule has 0 heteroatoms. The molecule has 0 aliphatic rings. The van der Waals surface area contributed by atoms with E-state index in [1.807, 2.05) is 0 Å². The SMILES string of the molecule is C.C.C.Cc1ccccc1C. The van der Waals surface area contributed by atoms with E-state index in [2.05, 4.69) is 38.1 Å². The summed E-state index contributed by atoms with van der Waals surface area (Å²) in [5.74, 6) is 0. The van der Waals surface area contributed by atoms with Crippen LogP contribution in [0.1, 0.15) is 33.4 Å². The van der Waals surface area contributed by atoms with Crippen LogP contribution in [0, 0.1) is 13.8 Å². The van der Waals surface area contributed by atoms with Crippen molar-refractivity contribution in [2.24, 2.45) is 0 Å². The van der Waals surface area contributed by atoms with Gasteiger partial charge in [-0.3, -0.25) is 0 Å². The van der Waals surface area contributed by atoms with E-state index >= 15 is 0 Å². The summed E-state index contributed by atoms with van der Waals surface area (Å²) in [6.07, 6.45) is 0.